The number of hydrogen-bond donors (Lipinski definition) is 1. The minimum atomic E-state index is -0.144. The van der Waals surface area contributed by atoms with E-state index in [2.05, 4.69) is 29.3 Å². The Hall–Kier alpha value is -1.88. The molecule has 5 heteroatoms. The van der Waals surface area contributed by atoms with Crippen LogP contribution < -0.4 is 5.32 Å². The molecular formula is C14H19N3O2. The molecule has 0 saturated carbocycles. The maximum atomic E-state index is 5.39. The van der Waals surface area contributed by atoms with E-state index in [1.807, 2.05) is 31.3 Å². The van der Waals surface area contributed by atoms with Crippen molar-refractivity contribution in [3.05, 3.63) is 30.1 Å². The maximum absolute atomic E-state index is 5.39. The van der Waals surface area contributed by atoms with Gasteiger partial charge in [-0.15, -0.1) is 0 Å². The highest BCUT2D eigenvalue weighted by molar-refractivity contribution is 5.58. The zero-order chi connectivity index (χ0) is 13.8. The van der Waals surface area contributed by atoms with E-state index in [-0.39, 0.29) is 6.10 Å². The molecular weight excluding hydrogens is 242 g/mol. The van der Waals surface area contributed by atoms with Crippen LogP contribution in [0.15, 0.2) is 28.8 Å². The molecule has 1 heterocycles. The largest absolute Gasteiger partial charge is 0.388 e. The number of methoxy groups -OCH3 is 1. The Balaban J connectivity index is 2.24. The molecule has 1 unspecified atom stereocenters. The van der Waals surface area contributed by atoms with Crippen LogP contribution in [0.25, 0.3) is 11.5 Å². The van der Waals surface area contributed by atoms with Crippen LogP contribution in [0.2, 0.25) is 0 Å². The standard InChI is InChI=1S/C14H19N3O2/c1-9(2)12(18-4)13-16-14(19-17-13)10-5-7-11(15-3)8-6-10/h5-9,12,15H,1-4H3. The van der Waals surface area contributed by atoms with Crippen molar-refractivity contribution in [3.8, 4) is 11.5 Å². The molecule has 19 heavy (non-hydrogen) atoms. The Morgan fingerprint density at radius 2 is 1.89 bits per heavy atom. The first kappa shape index (κ1) is 13.5. The van der Waals surface area contributed by atoms with E-state index in [4.69, 9.17) is 9.26 Å². The first-order valence-electron chi connectivity index (χ1n) is 6.30. The van der Waals surface area contributed by atoms with Crippen molar-refractivity contribution in [2.45, 2.75) is 20.0 Å². The lowest BCUT2D eigenvalue weighted by molar-refractivity contribution is 0.0556. The normalized spacial score (nSPS) is 12.7. The summed E-state index contributed by atoms with van der Waals surface area (Å²) in [6.07, 6.45) is -0.144. The van der Waals surface area contributed by atoms with Gasteiger partial charge in [-0.3, -0.25) is 0 Å². The Labute approximate surface area is 113 Å². The molecule has 1 aromatic heterocycles. The monoisotopic (exact) mass is 261 g/mol. The Morgan fingerprint density at radius 1 is 1.21 bits per heavy atom. The lowest BCUT2D eigenvalue weighted by atomic mass is 10.1. The fraction of sp³-hybridized carbons (Fsp3) is 0.429. The summed E-state index contributed by atoms with van der Waals surface area (Å²) in [5.74, 6) is 1.40. The molecule has 0 aliphatic carbocycles. The molecule has 102 valence electrons. The molecule has 0 aliphatic rings. The van der Waals surface area contributed by atoms with Crippen LogP contribution in [0.3, 0.4) is 0 Å². The number of ether oxygens (including phenoxy) is 1. The van der Waals surface area contributed by atoms with Crippen molar-refractivity contribution in [2.75, 3.05) is 19.5 Å². The summed E-state index contributed by atoms with van der Waals surface area (Å²) in [4.78, 5) is 4.41. The van der Waals surface area contributed by atoms with E-state index >= 15 is 0 Å². The van der Waals surface area contributed by atoms with Crippen molar-refractivity contribution in [3.63, 3.8) is 0 Å². The predicted octanol–water partition coefficient (Wildman–Crippen LogP) is 3.12. The van der Waals surface area contributed by atoms with E-state index in [0.29, 0.717) is 17.6 Å². The van der Waals surface area contributed by atoms with Crippen LogP contribution in [0.5, 0.6) is 0 Å². The molecule has 0 saturated heterocycles. The summed E-state index contributed by atoms with van der Waals surface area (Å²) in [5.41, 5.74) is 1.94. The average molecular weight is 261 g/mol. The Morgan fingerprint density at radius 3 is 2.42 bits per heavy atom. The van der Waals surface area contributed by atoms with E-state index in [9.17, 15) is 0 Å². The van der Waals surface area contributed by atoms with Crippen molar-refractivity contribution in [1.29, 1.82) is 0 Å². The first-order valence-corrected chi connectivity index (χ1v) is 6.30. The topological polar surface area (TPSA) is 60.2 Å². The summed E-state index contributed by atoms with van der Waals surface area (Å²) in [6.45, 7) is 4.12. The van der Waals surface area contributed by atoms with Gasteiger partial charge in [-0.25, -0.2) is 0 Å². The predicted molar refractivity (Wildman–Crippen MR) is 73.9 cm³/mol. The van der Waals surface area contributed by atoms with Crippen molar-refractivity contribution in [1.82, 2.24) is 10.1 Å². The summed E-state index contributed by atoms with van der Waals surface area (Å²) >= 11 is 0. The number of aromatic nitrogens is 2. The zero-order valence-corrected chi connectivity index (χ0v) is 11.7. The Bertz CT molecular complexity index is 520. The number of anilines is 1. The molecule has 1 N–H and O–H groups in total. The van der Waals surface area contributed by atoms with Gasteiger partial charge in [0.05, 0.1) is 0 Å². The van der Waals surface area contributed by atoms with Gasteiger partial charge in [0.15, 0.2) is 0 Å². The minimum Gasteiger partial charge on any atom is -0.388 e. The minimum absolute atomic E-state index is 0.144. The van der Waals surface area contributed by atoms with Crippen LogP contribution in [0, 0.1) is 5.92 Å². The number of benzene rings is 1. The fourth-order valence-corrected chi connectivity index (χ4v) is 1.92. The average Bonchev–Trinajstić information content (AvgIpc) is 2.89. The van der Waals surface area contributed by atoms with Crippen molar-refractivity contribution < 1.29 is 9.26 Å². The smallest absolute Gasteiger partial charge is 0.258 e. The molecule has 1 atom stereocenters. The molecule has 0 spiro atoms. The molecule has 0 aliphatic heterocycles. The third-order valence-electron chi connectivity index (χ3n) is 2.98. The second kappa shape index (κ2) is 5.84. The quantitative estimate of drug-likeness (QED) is 0.896. The first-order chi connectivity index (χ1) is 9.15. The number of nitrogens with zero attached hydrogens (tertiary/aromatic N) is 2. The summed E-state index contributed by atoms with van der Waals surface area (Å²) < 4.78 is 10.7. The zero-order valence-electron chi connectivity index (χ0n) is 11.7. The maximum Gasteiger partial charge on any atom is 0.258 e. The van der Waals surface area contributed by atoms with Gasteiger partial charge in [0.1, 0.15) is 6.10 Å². The van der Waals surface area contributed by atoms with E-state index in [1.54, 1.807) is 7.11 Å². The van der Waals surface area contributed by atoms with Gasteiger partial charge in [0.2, 0.25) is 5.82 Å². The number of nitrogens with one attached hydrogen (secondary N) is 1. The molecule has 5 nitrogen and oxygen atoms in total. The lowest BCUT2D eigenvalue weighted by Gasteiger charge is -2.14. The van der Waals surface area contributed by atoms with Gasteiger partial charge in [-0.1, -0.05) is 19.0 Å². The van der Waals surface area contributed by atoms with Gasteiger partial charge < -0.3 is 14.6 Å². The highest BCUT2D eigenvalue weighted by atomic mass is 16.5. The fourth-order valence-electron chi connectivity index (χ4n) is 1.92. The van der Waals surface area contributed by atoms with Crippen LogP contribution in [0.1, 0.15) is 25.8 Å². The van der Waals surface area contributed by atoms with Crippen molar-refractivity contribution in [2.24, 2.45) is 5.92 Å². The SMILES string of the molecule is CNc1ccc(-c2nc(C(OC)C(C)C)no2)cc1. The third kappa shape index (κ3) is 2.93. The molecule has 1 aromatic carbocycles. The summed E-state index contributed by atoms with van der Waals surface area (Å²) in [6, 6.07) is 7.82. The van der Waals surface area contributed by atoms with Gasteiger partial charge in [-0.2, -0.15) is 4.98 Å². The number of hydrogen-bond acceptors (Lipinski definition) is 5. The van der Waals surface area contributed by atoms with Crippen LogP contribution in [-0.2, 0) is 4.74 Å². The second-order valence-electron chi connectivity index (χ2n) is 4.69. The van der Waals surface area contributed by atoms with Crippen LogP contribution in [0.4, 0.5) is 5.69 Å². The molecule has 0 amide bonds. The second-order valence-corrected chi connectivity index (χ2v) is 4.69. The summed E-state index contributed by atoms with van der Waals surface area (Å²) in [5, 5.41) is 7.07. The lowest BCUT2D eigenvalue weighted by Crippen LogP contribution is -2.10. The molecule has 0 radical (unpaired) electrons. The number of rotatable bonds is 5. The van der Waals surface area contributed by atoms with Gasteiger partial charge in [0, 0.05) is 25.4 Å². The highest BCUT2D eigenvalue weighted by Crippen LogP contribution is 2.26. The third-order valence-corrected chi connectivity index (χ3v) is 2.98. The highest BCUT2D eigenvalue weighted by Gasteiger charge is 2.21. The molecule has 2 aromatic rings. The molecule has 0 bridgehead atoms. The van der Waals surface area contributed by atoms with Gasteiger partial charge >= 0.3 is 0 Å². The van der Waals surface area contributed by atoms with E-state index in [0.717, 1.165) is 11.3 Å². The molecule has 0 fully saturated rings. The molecule has 2 rings (SSSR count). The Kier molecular flexibility index (Phi) is 4.16. The van der Waals surface area contributed by atoms with Crippen molar-refractivity contribution >= 4 is 5.69 Å². The summed E-state index contributed by atoms with van der Waals surface area (Å²) in [7, 11) is 3.54. The van der Waals surface area contributed by atoms with Crippen LogP contribution in [-0.4, -0.2) is 24.3 Å². The van der Waals surface area contributed by atoms with E-state index < -0.39 is 0 Å². The van der Waals surface area contributed by atoms with E-state index in [1.165, 1.54) is 0 Å². The van der Waals surface area contributed by atoms with Crippen LogP contribution >= 0.6 is 0 Å². The van der Waals surface area contributed by atoms with Gasteiger partial charge in [-0.05, 0) is 30.2 Å². The van der Waals surface area contributed by atoms with Gasteiger partial charge in [0.25, 0.3) is 5.89 Å².